The van der Waals surface area contributed by atoms with E-state index in [1.165, 1.54) is 0 Å². The Bertz CT molecular complexity index is 159. The summed E-state index contributed by atoms with van der Waals surface area (Å²) in [6.07, 6.45) is -8.33. The van der Waals surface area contributed by atoms with Crippen molar-refractivity contribution in [1.29, 1.82) is 0 Å². The predicted molar refractivity (Wildman–Crippen MR) is 32.1 cm³/mol. The fourth-order valence-electron chi connectivity index (χ4n) is 0. The molecule has 0 aliphatic carbocycles. The zero-order valence-electron chi connectivity index (χ0n) is 7.39. The fourth-order valence-corrected chi connectivity index (χ4v) is 0. The fraction of sp³-hybridized carbons (Fsp3) is 0. The van der Waals surface area contributed by atoms with Crippen molar-refractivity contribution >= 4 is 24.6 Å². The zero-order valence-corrected chi connectivity index (χ0v) is 9.78. The summed E-state index contributed by atoms with van der Waals surface area (Å²) in [7, 11) is 0. The number of carboxylic acid groups (broad SMARTS) is 8. The molecular weight excluding hydrogens is 432 g/mol. The molecule has 0 heterocycles. The van der Waals surface area contributed by atoms with Crippen LogP contribution in [0, 0.1) is 0 Å². The van der Waals surface area contributed by atoms with Crippen molar-refractivity contribution in [3.05, 3.63) is 0 Å². The summed E-state index contributed by atoms with van der Waals surface area (Å²) < 4.78 is 0. The van der Waals surface area contributed by atoms with Gasteiger partial charge in [0, 0.05) is 20.1 Å². The van der Waals surface area contributed by atoms with Crippen LogP contribution in [0.1, 0.15) is 0 Å². The maximum Gasteiger partial charge on any atom is 0.249 e. The van der Waals surface area contributed by atoms with Crippen LogP contribution in [0.4, 0.5) is 19.2 Å². The summed E-state index contributed by atoms with van der Waals surface area (Å²) in [5.74, 6) is 0. The Hall–Kier alpha value is -2.27. The summed E-state index contributed by atoms with van der Waals surface area (Å²) in [5.41, 5.74) is 0. The summed E-state index contributed by atoms with van der Waals surface area (Å²) >= 11 is 0. The van der Waals surface area contributed by atoms with Crippen LogP contribution >= 0.6 is 0 Å². The second kappa shape index (κ2) is 23.5. The molecule has 0 fully saturated rings. The predicted octanol–water partition coefficient (Wildman–Crippen LogP) is -4.45. The topological polar surface area (TPSA) is 241 Å². The maximum atomic E-state index is 8.44. The van der Waals surface area contributed by atoms with Crippen molar-refractivity contribution in [2.75, 3.05) is 0 Å². The quantitative estimate of drug-likeness (QED) is 0.281. The van der Waals surface area contributed by atoms with Gasteiger partial charge in [0.15, 0.2) is 0 Å². The molecule has 0 unspecified atom stereocenters. The third-order valence-corrected chi connectivity index (χ3v) is 0. The smallest absolute Gasteiger partial charge is 0.249 e. The van der Waals surface area contributed by atoms with Gasteiger partial charge in [-0.15, -0.1) is 0 Å². The van der Waals surface area contributed by atoms with Gasteiger partial charge in [-0.25, -0.2) is 0 Å². The van der Waals surface area contributed by atoms with Crippen LogP contribution in [-0.4, -0.2) is 45.0 Å². The first-order valence-corrected chi connectivity index (χ1v) is 2.53. The maximum absolute atomic E-state index is 8.44. The number of hydrogen-bond acceptors (Lipinski definition) is 8. The number of hydrogen-bond donors (Lipinski definition) is 4. The normalized spacial score (nSPS) is 5.65. The average Bonchev–Trinajstić information content (AvgIpc) is 1.76. The van der Waals surface area contributed by atoms with Gasteiger partial charge in [0.25, 0.3) is 0 Å². The van der Waals surface area contributed by atoms with Gasteiger partial charge in [-0.05, 0) is 0 Å². The van der Waals surface area contributed by atoms with E-state index in [0.717, 1.165) is 0 Å². The second-order valence-electron chi connectivity index (χ2n) is 1.06. The van der Waals surface area contributed by atoms with Gasteiger partial charge in [0.05, 0.1) is 0 Å². The van der Waals surface area contributed by atoms with Crippen LogP contribution in [0.3, 0.4) is 0 Å². The Kier molecular flexibility index (Phi) is 40.5. The minimum Gasteiger partial charge on any atom is -0.565 e. The summed E-state index contributed by atoms with van der Waals surface area (Å²) in [6, 6.07) is 0. The molecule has 105 valence electrons. The first kappa shape index (κ1) is 29.3. The first-order valence-electron chi connectivity index (χ1n) is 2.53. The Labute approximate surface area is 105 Å². The third kappa shape index (κ3) is 366. The van der Waals surface area contributed by atoms with E-state index in [9.17, 15) is 0 Å². The molecule has 0 atom stereocenters. The van der Waals surface area contributed by atoms with Crippen molar-refractivity contribution in [2.45, 2.75) is 0 Å². The van der Waals surface area contributed by atoms with Gasteiger partial charge in [0.1, 0.15) is 0 Å². The van der Waals surface area contributed by atoms with E-state index in [1.807, 2.05) is 0 Å². The Morgan fingerprint density at radius 3 is 0.529 bits per heavy atom. The number of rotatable bonds is 0. The molecule has 0 amide bonds. The van der Waals surface area contributed by atoms with E-state index in [1.54, 1.807) is 0 Å². The van der Waals surface area contributed by atoms with Crippen LogP contribution in [0.5, 0.6) is 0 Å². The molecular formula is C4H4IrO12-4. The van der Waals surface area contributed by atoms with Crippen LogP contribution in [0.15, 0.2) is 0 Å². The zero-order chi connectivity index (χ0) is 14.3. The van der Waals surface area contributed by atoms with Gasteiger partial charge in [0.2, 0.25) is 24.6 Å². The van der Waals surface area contributed by atoms with Crippen LogP contribution < -0.4 is 20.4 Å². The standard InChI is InChI=1S/4CH2O3.Ir/c4*2-1(3)4;/h4*(H2,2,3,4);/p-4. The largest absolute Gasteiger partial charge is 0.565 e. The van der Waals surface area contributed by atoms with Crippen LogP contribution in [0.2, 0.25) is 0 Å². The van der Waals surface area contributed by atoms with Crippen molar-refractivity contribution in [2.24, 2.45) is 0 Å². The van der Waals surface area contributed by atoms with E-state index < -0.39 is 24.6 Å². The van der Waals surface area contributed by atoms with Crippen molar-refractivity contribution in [3.63, 3.8) is 0 Å². The molecule has 17 heavy (non-hydrogen) atoms. The van der Waals surface area contributed by atoms with Gasteiger partial charge in [-0.1, -0.05) is 0 Å². The molecule has 0 aromatic carbocycles. The molecule has 0 rings (SSSR count). The monoisotopic (exact) mass is 437 g/mol. The molecule has 12 nitrogen and oxygen atoms in total. The van der Waals surface area contributed by atoms with Gasteiger partial charge in [-0.2, -0.15) is 0 Å². The summed E-state index contributed by atoms with van der Waals surface area (Å²) in [4.78, 5) is 33.8. The molecule has 4 N–H and O–H groups in total. The van der Waals surface area contributed by atoms with Crippen LogP contribution in [0.25, 0.3) is 0 Å². The SMILES string of the molecule is O=C([O-])O.O=C([O-])O.O=C([O-])O.O=C([O-])O.[Ir]. The molecule has 0 aromatic rings. The Morgan fingerprint density at radius 1 is 0.529 bits per heavy atom. The van der Waals surface area contributed by atoms with Crippen LogP contribution in [-0.2, 0) is 20.1 Å². The number of carbonyl (C=O) groups is 4. The third-order valence-electron chi connectivity index (χ3n) is 0. The molecule has 13 heteroatoms. The van der Waals surface area contributed by atoms with Gasteiger partial charge in [-0.3, -0.25) is 0 Å². The minimum absolute atomic E-state index is 0. The van der Waals surface area contributed by atoms with E-state index in [2.05, 4.69) is 0 Å². The van der Waals surface area contributed by atoms with E-state index in [4.69, 9.17) is 60.0 Å². The minimum atomic E-state index is -2.08. The molecule has 0 saturated carbocycles. The summed E-state index contributed by atoms with van der Waals surface area (Å²) in [5, 5.41) is 61.2. The Morgan fingerprint density at radius 2 is 0.529 bits per heavy atom. The van der Waals surface area contributed by atoms with E-state index >= 15 is 0 Å². The van der Waals surface area contributed by atoms with E-state index in [-0.39, 0.29) is 20.1 Å². The second-order valence-corrected chi connectivity index (χ2v) is 1.06. The molecule has 1 radical (unpaired) electrons. The molecule has 0 aliphatic heterocycles. The first-order chi connectivity index (χ1) is 6.93. The molecule has 0 aromatic heterocycles. The van der Waals surface area contributed by atoms with Crippen molar-refractivity contribution in [3.8, 4) is 0 Å². The average molecular weight is 436 g/mol. The molecule has 0 bridgehead atoms. The Balaban J connectivity index is -0.0000000369. The van der Waals surface area contributed by atoms with Crippen molar-refractivity contribution in [1.82, 2.24) is 0 Å². The van der Waals surface area contributed by atoms with E-state index in [0.29, 0.717) is 0 Å². The molecule has 0 saturated heterocycles. The molecule has 0 aliphatic rings. The summed E-state index contributed by atoms with van der Waals surface area (Å²) in [6.45, 7) is 0. The van der Waals surface area contributed by atoms with Gasteiger partial charge < -0.3 is 60.0 Å². The van der Waals surface area contributed by atoms with Gasteiger partial charge >= 0.3 is 0 Å². The van der Waals surface area contributed by atoms with Crippen molar-refractivity contribution < 1.29 is 80.1 Å². The molecule has 0 spiro atoms.